The molecule has 5 heteroatoms. The van der Waals surface area contributed by atoms with Crippen LogP contribution in [-0.4, -0.2) is 21.9 Å². The molecule has 1 aromatic carbocycles. The molecule has 1 aromatic heterocycles. The quantitative estimate of drug-likeness (QED) is 0.830. The Bertz CT molecular complexity index is 480. The molecule has 5 nitrogen and oxygen atoms in total. The predicted octanol–water partition coefficient (Wildman–Crippen LogP) is 0.872. The van der Waals surface area contributed by atoms with E-state index in [0.29, 0.717) is 5.82 Å². The third-order valence-electron chi connectivity index (χ3n) is 2.50. The minimum absolute atomic E-state index is 0.330. The van der Waals surface area contributed by atoms with Crippen LogP contribution in [0.5, 0.6) is 5.75 Å². The van der Waals surface area contributed by atoms with E-state index in [9.17, 15) is 0 Å². The lowest BCUT2D eigenvalue weighted by Crippen LogP contribution is -2.17. The SMILES string of the molecule is COc1ccccc1C(N)c1ncnn1C. The molecule has 84 valence electrons. The zero-order valence-corrected chi connectivity index (χ0v) is 9.29. The first kappa shape index (κ1) is 10.6. The largest absolute Gasteiger partial charge is 0.496 e. The van der Waals surface area contributed by atoms with Crippen molar-refractivity contribution in [2.75, 3.05) is 7.11 Å². The fourth-order valence-corrected chi connectivity index (χ4v) is 1.65. The van der Waals surface area contributed by atoms with Crippen LogP contribution in [0, 0.1) is 0 Å². The van der Waals surface area contributed by atoms with E-state index in [1.165, 1.54) is 6.33 Å². The summed E-state index contributed by atoms with van der Waals surface area (Å²) in [6.07, 6.45) is 1.49. The van der Waals surface area contributed by atoms with E-state index in [1.54, 1.807) is 11.8 Å². The molecule has 0 spiro atoms. The Labute approximate surface area is 93.9 Å². The van der Waals surface area contributed by atoms with Crippen molar-refractivity contribution in [1.82, 2.24) is 14.8 Å². The van der Waals surface area contributed by atoms with Gasteiger partial charge in [0.15, 0.2) is 0 Å². The molecular formula is C11H14N4O. The summed E-state index contributed by atoms with van der Waals surface area (Å²) in [6.45, 7) is 0. The van der Waals surface area contributed by atoms with Gasteiger partial charge in [0.1, 0.15) is 17.9 Å². The van der Waals surface area contributed by atoms with Gasteiger partial charge in [0.05, 0.1) is 13.2 Å². The van der Waals surface area contributed by atoms with Gasteiger partial charge >= 0.3 is 0 Å². The molecule has 0 aliphatic heterocycles. The third kappa shape index (κ3) is 1.77. The number of para-hydroxylation sites is 1. The van der Waals surface area contributed by atoms with Gasteiger partial charge < -0.3 is 10.5 Å². The van der Waals surface area contributed by atoms with Crippen LogP contribution in [0.25, 0.3) is 0 Å². The molecule has 0 saturated carbocycles. The second kappa shape index (κ2) is 4.32. The average Bonchev–Trinajstić information content (AvgIpc) is 2.74. The van der Waals surface area contributed by atoms with Gasteiger partial charge in [0.25, 0.3) is 0 Å². The molecule has 16 heavy (non-hydrogen) atoms. The summed E-state index contributed by atoms with van der Waals surface area (Å²) >= 11 is 0. The lowest BCUT2D eigenvalue weighted by Gasteiger charge is -2.14. The molecule has 0 aliphatic carbocycles. The topological polar surface area (TPSA) is 66.0 Å². The Morgan fingerprint density at radius 1 is 1.38 bits per heavy atom. The van der Waals surface area contributed by atoms with Gasteiger partial charge in [0.2, 0.25) is 0 Å². The van der Waals surface area contributed by atoms with Crippen molar-refractivity contribution in [1.29, 1.82) is 0 Å². The van der Waals surface area contributed by atoms with E-state index < -0.39 is 0 Å². The summed E-state index contributed by atoms with van der Waals surface area (Å²) in [5.74, 6) is 1.47. The van der Waals surface area contributed by atoms with E-state index in [-0.39, 0.29) is 6.04 Å². The maximum Gasteiger partial charge on any atom is 0.148 e. The van der Waals surface area contributed by atoms with Gasteiger partial charge in [-0.15, -0.1) is 0 Å². The number of nitrogens with two attached hydrogens (primary N) is 1. The smallest absolute Gasteiger partial charge is 0.148 e. The molecule has 0 amide bonds. The van der Waals surface area contributed by atoms with Crippen molar-refractivity contribution >= 4 is 0 Å². The zero-order chi connectivity index (χ0) is 11.5. The molecule has 1 heterocycles. The van der Waals surface area contributed by atoms with Crippen molar-refractivity contribution < 1.29 is 4.74 Å². The highest BCUT2D eigenvalue weighted by Crippen LogP contribution is 2.26. The normalized spacial score (nSPS) is 12.4. The highest BCUT2D eigenvalue weighted by Gasteiger charge is 2.17. The number of aromatic nitrogens is 3. The molecule has 2 N–H and O–H groups in total. The summed E-state index contributed by atoms with van der Waals surface area (Å²) in [7, 11) is 3.44. The highest BCUT2D eigenvalue weighted by atomic mass is 16.5. The van der Waals surface area contributed by atoms with Gasteiger partial charge in [-0.25, -0.2) is 4.98 Å². The molecule has 1 atom stereocenters. The van der Waals surface area contributed by atoms with E-state index in [4.69, 9.17) is 10.5 Å². The van der Waals surface area contributed by atoms with Crippen molar-refractivity contribution in [3.05, 3.63) is 42.0 Å². The summed E-state index contributed by atoms with van der Waals surface area (Å²) in [6, 6.07) is 7.31. The van der Waals surface area contributed by atoms with Crippen molar-refractivity contribution in [3.8, 4) is 5.75 Å². The fourth-order valence-electron chi connectivity index (χ4n) is 1.65. The number of aryl methyl sites for hydroxylation is 1. The van der Waals surface area contributed by atoms with Crippen LogP contribution < -0.4 is 10.5 Å². The monoisotopic (exact) mass is 218 g/mol. The first-order chi connectivity index (χ1) is 7.74. The van der Waals surface area contributed by atoms with Crippen LogP contribution in [0.15, 0.2) is 30.6 Å². The summed E-state index contributed by atoms with van der Waals surface area (Å²) < 4.78 is 6.93. The lowest BCUT2D eigenvalue weighted by atomic mass is 10.1. The number of hydrogen-bond acceptors (Lipinski definition) is 4. The van der Waals surface area contributed by atoms with Crippen LogP contribution in [0.2, 0.25) is 0 Å². The molecule has 0 radical (unpaired) electrons. The summed E-state index contributed by atoms with van der Waals surface area (Å²) in [5.41, 5.74) is 7.04. The molecule has 0 bridgehead atoms. The standard InChI is InChI=1S/C11H14N4O/c1-15-11(13-7-14-15)10(12)8-5-3-4-6-9(8)16-2/h3-7,10H,12H2,1-2H3. The Morgan fingerprint density at radius 3 is 2.75 bits per heavy atom. The van der Waals surface area contributed by atoms with Crippen molar-refractivity contribution in [2.24, 2.45) is 12.8 Å². The first-order valence-corrected chi connectivity index (χ1v) is 4.96. The second-order valence-electron chi connectivity index (χ2n) is 3.46. The molecule has 0 aliphatic rings. The number of hydrogen-bond donors (Lipinski definition) is 1. The Kier molecular flexibility index (Phi) is 2.87. The Hall–Kier alpha value is -1.88. The maximum absolute atomic E-state index is 6.13. The summed E-state index contributed by atoms with van der Waals surface area (Å²) in [4.78, 5) is 4.14. The number of methoxy groups -OCH3 is 1. The molecule has 2 aromatic rings. The van der Waals surface area contributed by atoms with Crippen LogP contribution in [0.3, 0.4) is 0 Å². The van der Waals surface area contributed by atoms with Crippen LogP contribution in [-0.2, 0) is 7.05 Å². The number of ether oxygens (including phenoxy) is 1. The van der Waals surface area contributed by atoms with Gasteiger partial charge in [-0.1, -0.05) is 18.2 Å². The van der Waals surface area contributed by atoms with Crippen LogP contribution >= 0.6 is 0 Å². The average molecular weight is 218 g/mol. The summed E-state index contributed by atoms with van der Waals surface area (Å²) in [5, 5.41) is 4.00. The van der Waals surface area contributed by atoms with Gasteiger partial charge in [-0.3, -0.25) is 4.68 Å². The number of benzene rings is 1. The second-order valence-corrected chi connectivity index (χ2v) is 3.46. The molecular weight excluding hydrogens is 204 g/mol. The Morgan fingerprint density at radius 2 is 2.12 bits per heavy atom. The molecule has 1 unspecified atom stereocenters. The highest BCUT2D eigenvalue weighted by molar-refractivity contribution is 5.38. The molecule has 0 fully saturated rings. The van der Waals surface area contributed by atoms with Gasteiger partial charge in [-0.2, -0.15) is 5.10 Å². The molecule has 0 saturated heterocycles. The lowest BCUT2D eigenvalue weighted by molar-refractivity contribution is 0.406. The minimum atomic E-state index is -0.330. The zero-order valence-electron chi connectivity index (χ0n) is 9.29. The maximum atomic E-state index is 6.13. The molecule has 2 rings (SSSR count). The third-order valence-corrected chi connectivity index (χ3v) is 2.50. The fraction of sp³-hybridized carbons (Fsp3) is 0.273. The van der Waals surface area contributed by atoms with Crippen LogP contribution in [0.4, 0.5) is 0 Å². The van der Waals surface area contributed by atoms with Crippen LogP contribution in [0.1, 0.15) is 17.4 Å². The number of rotatable bonds is 3. The van der Waals surface area contributed by atoms with Gasteiger partial charge in [0, 0.05) is 12.6 Å². The number of nitrogens with zero attached hydrogens (tertiary/aromatic N) is 3. The van der Waals surface area contributed by atoms with E-state index in [2.05, 4.69) is 10.1 Å². The predicted molar refractivity (Wildman–Crippen MR) is 60.0 cm³/mol. The first-order valence-electron chi connectivity index (χ1n) is 4.96. The Balaban J connectivity index is 2.41. The van der Waals surface area contributed by atoms with Crippen molar-refractivity contribution in [2.45, 2.75) is 6.04 Å². The van der Waals surface area contributed by atoms with E-state index >= 15 is 0 Å². The van der Waals surface area contributed by atoms with Crippen molar-refractivity contribution in [3.63, 3.8) is 0 Å². The van der Waals surface area contributed by atoms with E-state index in [1.807, 2.05) is 31.3 Å². The van der Waals surface area contributed by atoms with E-state index in [0.717, 1.165) is 11.3 Å². The minimum Gasteiger partial charge on any atom is -0.496 e. The van der Waals surface area contributed by atoms with Gasteiger partial charge in [-0.05, 0) is 6.07 Å².